The number of amides is 1. The average molecular weight is 313 g/mol. The Morgan fingerprint density at radius 1 is 1.39 bits per heavy atom. The lowest BCUT2D eigenvalue weighted by Gasteiger charge is -2.31. The molecule has 0 saturated carbocycles. The molecule has 2 N–H and O–H groups in total. The number of likely N-dealkylation sites (N-methyl/N-ethyl adjacent to an activating group) is 1. The second-order valence-electron chi connectivity index (χ2n) is 5.95. The zero-order chi connectivity index (χ0) is 16.1. The van der Waals surface area contributed by atoms with Crippen molar-refractivity contribution >= 4 is 11.6 Å². The van der Waals surface area contributed by atoms with Gasteiger partial charge in [-0.3, -0.25) is 9.69 Å². The fraction of sp³-hybridized carbons (Fsp3) is 0.412. The molecule has 23 heavy (non-hydrogen) atoms. The Labute approximate surface area is 136 Å². The molecule has 2 heterocycles. The first-order valence-corrected chi connectivity index (χ1v) is 8.03. The number of benzene rings is 1. The first-order chi connectivity index (χ1) is 11.2. The lowest BCUT2D eigenvalue weighted by Crippen LogP contribution is -2.44. The summed E-state index contributed by atoms with van der Waals surface area (Å²) in [5, 5.41) is 10.5. The molecule has 1 amide bonds. The van der Waals surface area contributed by atoms with Crippen molar-refractivity contribution in [2.45, 2.75) is 18.9 Å². The SMILES string of the molecule is CN(CC(=O)Nc1cccc(-n2cccn2)c1)C1CCNCC1. The van der Waals surface area contributed by atoms with Crippen LogP contribution in [0.1, 0.15) is 12.8 Å². The van der Waals surface area contributed by atoms with Crippen LogP contribution < -0.4 is 10.6 Å². The monoisotopic (exact) mass is 313 g/mol. The van der Waals surface area contributed by atoms with Gasteiger partial charge in [-0.1, -0.05) is 6.07 Å². The van der Waals surface area contributed by atoms with Crippen LogP contribution in [0, 0.1) is 0 Å². The Morgan fingerprint density at radius 2 is 2.22 bits per heavy atom. The number of nitrogens with zero attached hydrogens (tertiary/aromatic N) is 3. The zero-order valence-corrected chi connectivity index (χ0v) is 13.4. The van der Waals surface area contributed by atoms with Gasteiger partial charge in [0, 0.05) is 24.1 Å². The summed E-state index contributed by atoms with van der Waals surface area (Å²) in [4.78, 5) is 14.4. The first-order valence-electron chi connectivity index (χ1n) is 8.03. The number of nitrogens with one attached hydrogen (secondary N) is 2. The Balaban J connectivity index is 1.58. The molecule has 1 fully saturated rings. The van der Waals surface area contributed by atoms with Crippen LogP contribution in [-0.4, -0.2) is 53.3 Å². The average Bonchev–Trinajstić information content (AvgIpc) is 3.10. The minimum atomic E-state index is 0.0173. The van der Waals surface area contributed by atoms with Crippen molar-refractivity contribution in [2.24, 2.45) is 0 Å². The molecule has 1 aromatic heterocycles. The Bertz CT molecular complexity index is 634. The van der Waals surface area contributed by atoms with Crippen molar-refractivity contribution < 1.29 is 4.79 Å². The summed E-state index contributed by atoms with van der Waals surface area (Å²) in [6.07, 6.45) is 5.81. The van der Waals surface area contributed by atoms with E-state index in [-0.39, 0.29) is 5.91 Å². The van der Waals surface area contributed by atoms with E-state index in [0.717, 1.165) is 37.3 Å². The molecule has 0 aliphatic carbocycles. The summed E-state index contributed by atoms with van der Waals surface area (Å²) in [6, 6.07) is 10.1. The molecule has 0 spiro atoms. The van der Waals surface area contributed by atoms with E-state index in [2.05, 4.69) is 20.6 Å². The molecule has 3 rings (SSSR count). The molecule has 122 valence electrons. The van der Waals surface area contributed by atoms with E-state index in [1.165, 1.54) is 0 Å². The summed E-state index contributed by atoms with van der Waals surface area (Å²) in [5.41, 5.74) is 1.72. The van der Waals surface area contributed by atoms with E-state index in [1.54, 1.807) is 10.9 Å². The van der Waals surface area contributed by atoms with Gasteiger partial charge >= 0.3 is 0 Å². The quantitative estimate of drug-likeness (QED) is 0.878. The second kappa shape index (κ2) is 7.39. The van der Waals surface area contributed by atoms with Crippen LogP contribution in [0.5, 0.6) is 0 Å². The van der Waals surface area contributed by atoms with E-state index in [9.17, 15) is 4.79 Å². The summed E-state index contributed by atoms with van der Waals surface area (Å²) >= 11 is 0. The minimum Gasteiger partial charge on any atom is -0.325 e. The lowest BCUT2D eigenvalue weighted by atomic mass is 10.1. The molecule has 0 atom stereocenters. The van der Waals surface area contributed by atoms with Crippen molar-refractivity contribution in [3.63, 3.8) is 0 Å². The first kappa shape index (κ1) is 15.7. The number of anilines is 1. The highest BCUT2D eigenvalue weighted by molar-refractivity contribution is 5.92. The van der Waals surface area contributed by atoms with Gasteiger partial charge in [-0.05, 0) is 57.2 Å². The number of hydrogen-bond donors (Lipinski definition) is 2. The van der Waals surface area contributed by atoms with E-state index in [0.29, 0.717) is 12.6 Å². The maximum atomic E-state index is 12.3. The van der Waals surface area contributed by atoms with Crippen molar-refractivity contribution in [2.75, 3.05) is 32.0 Å². The van der Waals surface area contributed by atoms with Gasteiger partial charge < -0.3 is 10.6 Å². The van der Waals surface area contributed by atoms with Gasteiger partial charge in [0.2, 0.25) is 5.91 Å². The second-order valence-corrected chi connectivity index (χ2v) is 5.95. The Morgan fingerprint density at radius 3 is 2.96 bits per heavy atom. The van der Waals surface area contributed by atoms with Gasteiger partial charge in [0.1, 0.15) is 0 Å². The van der Waals surface area contributed by atoms with Crippen molar-refractivity contribution in [1.82, 2.24) is 20.0 Å². The third-order valence-corrected chi connectivity index (χ3v) is 4.22. The molecular weight excluding hydrogens is 290 g/mol. The van der Waals surface area contributed by atoms with Gasteiger partial charge in [-0.2, -0.15) is 5.10 Å². The number of rotatable bonds is 5. The van der Waals surface area contributed by atoms with Gasteiger partial charge in [0.05, 0.1) is 12.2 Å². The van der Waals surface area contributed by atoms with Crippen LogP contribution in [0.3, 0.4) is 0 Å². The molecule has 1 aliphatic heterocycles. The fourth-order valence-corrected chi connectivity index (χ4v) is 2.95. The standard InChI is InChI=1S/C17H23N5O/c1-21(15-6-9-18-10-7-15)13-17(23)20-14-4-2-5-16(12-14)22-11-3-8-19-22/h2-5,8,11-12,15,18H,6-7,9-10,13H2,1H3,(H,20,23). The number of hydrogen-bond acceptors (Lipinski definition) is 4. The maximum Gasteiger partial charge on any atom is 0.238 e. The van der Waals surface area contributed by atoms with Gasteiger partial charge in [0.25, 0.3) is 0 Å². The lowest BCUT2D eigenvalue weighted by molar-refractivity contribution is -0.117. The van der Waals surface area contributed by atoms with Gasteiger partial charge in [-0.15, -0.1) is 0 Å². The van der Waals surface area contributed by atoms with E-state index >= 15 is 0 Å². The molecule has 1 saturated heterocycles. The number of piperidine rings is 1. The Kier molecular flexibility index (Phi) is 5.05. The summed E-state index contributed by atoms with van der Waals surface area (Å²) in [5.74, 6) is 0.0173. The normalized spacial score (nSPS) is 15.7. The molecule has 1 aliphatic rings. The smallest absolute Gasteiger partial charge is 0.238 e. The third-order valence-electron chi connectivity index (χ3n) is 4.22. The van der Waals surface area contributed by atoms with Crippen LogP contribution in [-0.2, 0) is 4.79 Å². The predicted octanol–water partition coefficient (Wildman–Crippen LogP) is 1.49. The summed E-state index contributed by atoms with van der Waals surface area (Å²) in [6.45, 7) is 2.47. The number of aromatic nitrogens is 2. The molecule has 1 aromatic carbocycles. The summed E-state index contributed by atoms with van der Waals surface area (Å²) in [7, 11) is 2.02. The largest absolute Gasteiger partial charge is 0.325 e. The molecule has 0 unspecified atom stereocenters. The molecular formula is C17H23N5O. The zero-order valence-electron chi connectivity index (χ0n) is 13.4. The molecule has 0 radical (unpaired) electrons. The number of carbonyl (C=O) groups excluding carboxylic acids is 1. The van der Waals surface area contributed by atoms with Crippen LogP contribution in [0.15, 0.2) is 42.7 Å². The molecule has 6 heteroatoms. The highest BCUT2D eigenvalue weighted by Crippen LogP contribution is 2.14. The van der Waals surface area contributed by atoms with Crippen molar-refractivity contribution in [3.8, 4) is 5.69 Å². The Hall–Kier alpha value is -2.18. The predicted molar refractivity (Wildman–Crippen MR) is 90.7 cm³/mol. The van der Waals surface area contributed by atoms with Crippen LogP contribution >= 0.6 is 0 Å². The number of carbonyl (C=O) groups is 1. The topological polar surface area (TPSA) is 62.2 Å². The fourth-order valence-electron chi connectivity index (χ4n) is 2.95. The van der Waals surface area contributed by atoms with E-state index in [1.807, 2.05) is 43.6 Å². The molecule has 0 bridgehead atoms. The highest BCUT2D eigenvalue weighted by atomic mass is 16.2. The van der Waals surface area contributed by atoms with Crippen LogP contribution in [0.2, 0.25) is 0 Å². The third kappa shape index (κ3) is 4.18. The van der Waals surface area contributed by atoms with Crippen LogP contribution in [0.4, 0.5) is 5.69 Å². The van der Waals surface area contributed by atoms with Crippen LogP contribution in [0.25, 0.3) is 5.69 Å². The molecule has 2 aromatic rings. The molecule has 6 nitrogen and oxygen atoms in total. The van der Waals surface area contributed by atoms with E-state index in [4.69, 9.17) is 0 Å². The van der Waals surface area contributed by atoms with Gasteiger partial charge in [0.15, 0.2) is 0 Å². The minimum absolute atomic E-state index is 0.0173. The van der Waals surface area contributed by atoms with Crippen molar-refractivity contribution in [3.05, 3.63) is 42.7 Å². The van der Waals surface area contributed by atoms with Gasteiger partial charge in [-0.25, -0.2) is 4.68 Å². The van der Waals surface area contributed by atoms with Crippen molar-refractivity contribution in [1.29, 1.82) is 0 Å². The maximum absolute atomic E-state index is 12.3. The summed E-state index contributed by atoms with van der Waals surface area (Å²) < 4.78 is 1.77. The highest BCUT2D eigenvalue weighted by Gasteiger charge is 2.19. The van der Waals surface area contributed by atoms with E-state index < -0.39 is 0 Å².